The number of ketones is 1. The Morgan fingerprint density at radius 2 is 2.11 bits per heavy atom. The van der Waals surface area contributed by atoms with E-state index in [1.165, 1.54) is 0 Å². The third kappa shape index (κ3) is 1.77. The molecule has 0 saturated carbocycles. The molecule has 0 amide bonds. The quantitative estimate of drug-likeness (QED) is 0.769. The van der Waals surface area contributed by atoms with Gasteiger partial charge in [0.2, 0.25) is 5.78 Å². The summed E-state index contributed by atoms with van der Waals surface area (Å²) in [7, 11) is 0. The van der Waals surface area contributed by atoms with Gasteiger partial charge in [-0.25, -0.2) is 0 Å². The number of aryl methyl sites for hydroxylation is 1. The van der Waals surface area contributed by atoms with E-state index in [1.807, 2.05) is 47.9 Å². The van der Waals surface area contributed by atoms with Crippen LogP contribution in [0.3, 0.4) is 0 Å². The SMILES string of the molecule is Cc1ccccc1C(=O)c1ccc2n1CCC2C#N. The number of carbonyl (C=O) groups excluding carboxylic acids is 1. The first-order valence-corrected chi connectivity index (χ1v) is 6.41. The van der Waals surface area contributed by atoms with Crippen molar-refractivity contribution >= 4 is 5.78 Å². The molecule has 3 heteroatoms. The van der Waals surface area contributed by atoms with E-state index in [2.05, 4.69) is 6.07 Å². The van der Waals surface area contributed by atoms with Crippen LogP contribution in [0.25, 0.3) is 0 Å². The molecular formula is C16H14N2O. The number of fused-ring (bicyclic) bond motifs is 1. The van der Waals surface area contributed by atoms with Crippen molar-refractivity contribution in [2.24, 2.45) is 0 Å². The minimum absolute atomic E-state index is 0.0444. The molecule has 1 aliphatic heterocycles. The molecule has 0 bridgehead atoms. The molecule has 19 heavy (non-hydrogen) atoms. The van der Waals surface area contributed by atoms with Gasteiger partial charge in [-0.15, -0.1) is 0 Å². The van der Waals surface area contributed by atoms with Gasteiger partial charge < -0.3 is 4.57 Å². The van der Waals surface area contributed by atoms with Gasteiger partial charge in [-0.1, -0.05) is 24.3 Å². The molecule has 0 radical (unpaired) electrons. The Labute approximate surface area is 112 Å². The Kier molecular flexibility index (Phi) is 2.72. The molecule has 1 aromatic heterocycles. The van der Waals surface area contributed by atoms with Crippen LogP contribution >= 0.6 is 0 Å². The second kappa shape index (κ2) is 4.40. The summed E-state index contributed by atoms with van der Waals surface area (Å²) in [6.45, 7) is 2.70. The van der Waals surface area contributed by atoms with Gasteiger partial charge in [0.25, 0.3) is 0 Å². The zero-order valence-electron chi connectivity index (χ0n) is 10.8. The largest absolute Gasteiger partial charge is 0.341 e. The summed E-state index contributed by atoms with van der Waals surface area (Å²) >= 11 is 0. The first-order chi connectivity index (χ1) is 9.22. The number of benzene rings is 1. The summed E-state index contributed by atoms with van der Waals surface area (Å²) in [5, 5.41) is 9.07. The molecule has 1 aliphatic rings. The molecule has 1 atom stereocenters. The number of hydrogen-bond donors (Lipinski definition) is 0. The van der Waals surface area contributed by atoms with E-state index in [0.717, 1.165) is 29.8 Å². The molecule has 0 spiro atoms. The molecule has 1 unspecified atom stereocenters. The predicted octanol–water partition coefficient (Wildman–Crippen LogP) is 3.04. The van der Waals surface area contributed by atoms with E-state index < -0.39 is 0 Å². The Balaban J connectivity index is 2.04. The number of carbonyl (C=O) groups is 1. The van der Waals surface area contributed by atoms with Crippen LogP contribution in [-0.2, 0) is 6.54 Å². The van der Waals surface area contributed by atoms with E-state index in [1.54, 1.807) is 0 Å². The molecule has 0 N–H and O–H groups in total. The fourth-order valence-electron chi connectivity index (χ4n) is 2.74. The van der Waals surface area contributed by atoms with Crippen LogP contribution in [0.1, 0.15) is 39.6 Å². The molecule has 2 aromatic rings. The van der Waals surface area contributed by atoms with Gasteiger partial charge in [-0.3, -0.25) is 4.79 Å². The Bertz CT molecular complexity index is 691. The molecule has 3 rings (SSSR count). The van der Waals surface area contributed by atoms with E-state index in [-0.39, 0.29) is 11.7 Å². The highest BCUT2D eigenvalue weighted by atomic mass is 16.1. The fourth-order valence-corrected chi connectivity index (χ4v) is 2.74. The van der Waals surface area contributed by atoms with Crippen LogP contribution in [0.4, 0.5) is 0 Å². The van der Waals surface area contributed by atoms with Gasteiger partial charge in [0, 0.05) is 17.8 Å². The van der Waals surface area contributed by atoms with E-state index in [4.69, 9.17) is 5.26 Å². The number of nitriles is 1. The van der Waals surface area contributed by atoms with Crippen LogP contribution in [0, 0.1) is 18.3 Å². The van der Waals surface area contributed by atoms with Crippen LogP contribution in [0.15, 0.2) is 36.4 Å². The second-order valence-electron chi connectivity index (χ2n) is 4.91. The second-order valence-corrected chi connectivity index (χ2v) is 4.91. The van der Waals surface area contributed by atoms with Gasteiger partial charge in [0.1, 0.15) is 0 Å². The molecule has 1 aromatic carbocycles. The lowest BCUT2D eigenvalue weighted by atomic mass is 10.0. The first-order valence-electron chi connectivity index (χ1n) is 6.41. The monoisotopic (exact) mass is 250 g/mol. The molecule has 2 heterocycles. The molecule has 0 aliphatic carbocycles. The zero-order chi connectivity index (χ0) is 13.4. The van der Waals surface area contributed by atoms with Crippen molar-refractivity contribution in [3.05, 3.63) is 58.9 Å². The fraction of sp³-hybridized carbons (Fsp3) is 0.250. The Hall–Kier alpha value is -2.34. The summed E-state index contributed by atoms with van der Waals surface area (Å²) in [6, 6.07) is 13.7. The molecule has 0 fully saturated rings. The van der Waals surface area contributed by atoms with Crippen molar-refractivity contribution in [3.8, 4) is 6.07 Å². The highest BCUT2D eigenvalue weighted by Crippen LogP contribution is 2.30. The van der Waals surface area contributed by atoms with Crippen molar-refractivity contribution in [2.45, 2.75) is 25.8 Å². The Morgan fingerprint density at radius 3 is 2.84 bits per heavy atom. The maximum atomic E-state index is 12.6. The summed E-state index contributed by atoms with van der Waals surface area (Å²) in [5.74, 6) is -0.0265. The minimum Gasteiger partial charge on any atom is -0.341 e. The number of rotatable bonds is 2. The molecule has 3 nitrogen and oxygen atoms in total. The molecule has 94 valence electrons. The summed E-state index contributed by atoms with van der Waals surface area (Å²) in [6.07, 6.45) is 0.806. The number of aromatic nitrogens is 1. The van der Waals surface area contributed by atoms with Gasteiger partial charge >= 0.3 is 0 Å². The third-order valence-electron chi connectivity index (χ3n) is 3.79. The lowest BCUT2D eigenvalue weighted by Gasteiger charge is -2.07. The van der Waals surface area contributed by atoms with Crippen LogP contribution in [-0.4, -0.2) is 10.4 Å². The van der Waals surface area contributed by atoms with Gasteiger partial charge in [0.15, 0.2) is 0 Å². The number of nitrogens with zero attached hydrogens (tertiary/aromatic N) is 2. The smallest absolute Gasteiger partial charge is 0.209 e. The topological polar surface area (TPSA) is 45.8 Å². The standard InChI is InChI=1S/C16H14N2O/c1-11-4-2-3-5-13(11)16(19)15-7-6-14-12(10-17)8-9-18(14)15/h2-7,12H,8-9H2,1H3. The maximum Gasteiger partial charge on any atom is 0.209 e. The van der Waals surface area contributed by atoms with E-state index >= 15 is 0 Å². The summed E-state index contributed by atoms with van der Waals surface area (Å²) in [5.41, 5.74) is 3.39. The molecular weight excluding hydrogens is 236 g/mol. The highest BCUT2D eigenvalue weighted by Gasteiger charge is 2.27. The van der Waals surface area contributed by atoms with E-state index in [0.29, 0.717) is 5.69 Å². The van der Waals surface area contributed by atoms with Crippen molar-refractivity contribution in [1.29, 1.82) is 5.26 Å². The van der Waals surface area contributed by atoms with E-state index in [9.17, 15) is 4.79 Å². The summed E-state index contributed by atoms with van der Waals surface area (Å²) in [4.78, 5) is 12.6. The highest BCUT2D eigenvalue weighted by molar-refractivity contribution is 6.09. The Morgan fingerprint density at radius 1 is 1.32 bits per heavy atom. The van der Waals surface area contributed by atoms with Gasteiger partial charge in [-0.2, -0.15) is 5.26 Å². The predicted molar refractivity (Wildman–Crippen MR) is 72.0 cm³/mol. The van der Waals surface area contributed by atoms with Crippen molar-refractivity contribution in [1.82, 2.24) is 4.57 Å². The maximum absolute atomic E-state index is 12.6. The zero-order valence-corrected chi connectivity index (χ0v) is 10.8. The van der Waals surface area contributed by atoms with Gasteiger partial charge in [0.05, 0.1) is 17.7 Å². The minimum atomic E-state index is -0.0709. The van der Waals surface area contributed by atoms with Crippen molar-refractivity contribution in [2.75, 3.05) is 0 Å². The average Bonchev–Trinajstić information content (AvgIpc) is 2.99. The number of hydrogen-bond acceptors (Lipinski definition) is 2. The van der Waals surface area contributed by atoms with Crippen LogP contribution < -0.4 is 0 Å². The van der Waals surface area contributed by atoms with Gasteiger partial charge in [-0.05, 0) is 31.0 Å². The van der Waals surface area contributed by atoms with Crippen molar-refractivity contribution in [3.63, 3.8) is 0 Å². The van der Waals surface area contributed by atoms with Crippen LogP contribution in [0.2, 0.25) is 0 Å². The van der Waals surface area contributed by atoms with Crippen molar-refractivity contribution < 1.29 is 4.79 Å². The normalized spacial score (nSPS) is 16.9. The average molecular weight is 250 g/mol. The first kappa shape index (κ1) is 11.7. The lowest BCUT2D eigenvalue weighted by Crippen LogP contribution is -2.10. The lowest BCUT2D eigenvalue weighted by molar-refractivity contribution is 0.103. The molecule has 0 saturated heterocycles. The summed E-state index contributed by atoms with van der Waals surface area (Å²) < 4.78 is 1.99. The van der Waals surface area contributed by atoms with Crippen LogP contribution in [0.5, 0.6) is 0 Å². The third-order valence-corrected chi connectivity index (χ3v) is 3.79.